The lowest BCUT2D eigenvalue weighted by atomic mass is 9.73. The van der Waals surface area contributed by atoms with Crippen LogP contribution in [0.2, 0.25) is 0 Å². The van der Waals surface area contributed by atoms with Crippen LogP contribution in [0.4, 0.5) is 5.69 Å². The van der Waals surface area contributed by atoms with Crippen LogP contribution in [-0.4, -0.2) is 46.6 Å². The average molecular weight is 396 g/mol. The number of likely N-dealkylation sites (tertiary alicyclic amines) is 1. The standard InChI is InChI=1S/C21H20N2O4S/c24-18-13-28-17-7-6-14(12-16(17)22-18)19(25)23-10-8-21(9-11-23,20(26)27)15-4-2-1-3-5-15/h1-7,12H,8-11,13H2,(H,22,24)(H,26,27). The van der Waals surface area contributed by atoms with Crippen LogP contribution in [0.5, 0.6) is 0 Å². The molecule has 4 rings (SSSR count). The number of nitrogens with zero attached hydrogens (tertiary/aromatic N) is 1. The molecule has 0 unspecified atom stereocenters. The van der Waals surface area contributed by atoms with Gasteiger partial charge in [-0.3, -0.25) is 14.4 Å². The minimum atomic E-state index is -0.960. The second-order valence-corrected chi connectivity index (χ2v) is 8.11. The molecular weight excluding hydrogens is 376 g/mol. The zero-order valence-corrected chi connectivity index (χ0v) is 16.0. The van der Waals surface area contributed by atoms with Gasteiger partial charge in [0.25, 0.3) is 5.91 Å². The van der Waals surface area contributed by atoms with Gasteiger partial charge in [0.2, 0.25) is 5.91 Å². The Hall–Kier alpha value is -2.80. The number of hydrogen-bond donors (Lipinski definition) is 2. The topological polar surface area (TPSA) is 86.7 Å². The van der Waals surface area contributed by atoms with E-state index in [1.165, 1.54) is 11.8 Å². The molecule has 0 saturated carbocycles. The summed E-state index contributed by atoms with van der Waals surface area (Å²) in [5.41, 5.74) is 0.985. The van der Waals surface area contributed by atoms with Crippen molar-refractivity contribution in [3.05, 3.63) is 59.7 Å². The summed E-state index contributed by atoms with van der Waals surface area (Å²) in [6, 6.07) is 14.6. The van der Waals surface area contributed by atoms with Gasteiger partial charge in [-0.1, -0.05) is 30.3 Å². The zero-order chi connectivity index (χ0) is 19.7. The fraction of sp³-hybridized carbons (Fsp3) is 0.286. The predicted molar refractivity (Wildman–Crippen MR) is 107 cm³/mol. The van der Waals surface area contributed by atoms with E-state index in [2.05, 4.69) is 5.32 Å². The van der Waals surface area contributed by atoms with Crippen molar-refractivity contribution in [1.29, 1.82) is 0 Å². The molecule has 0 bridgehead atoms. The molecule has 2 aliphatic heterocycles. The molecule has 0 atom stereocenters. The molecule has 2 amide bonds. The first-order chi connectivity index (χ1) is 13.5. The van der Waals surface area contributed by atoms with Crippen molar-refractivity contribution >= 4 is 35.2 Å². The maximum absolute atomic E-state index is 12.9. The molecule has 0 aliphatic carbocycles. The lowest BCUT2D eigenvalue weighted by Gasteiger charge is -2.39. The molecule has 2 aromatic carbocycles. The van der Waals surface area contributed by atoms with E-state index in [1.807, 2.05) is 36.4 Å². The van der Waals surface area contributed by atoms with Crippen molar-refractivity contribution < 1.29 is 19.5 Å². The number of hydrogen-bond acceptors (Lipinski definition) is 4. The number of carboxylic acids is 1. The van der Waals surface area contributed by atoms with E-state index in [0.717, 1.165) is 10.5 Å². The van der Waals surface area contributed by atoms with Crippen LogP contribution in [0.3, 0.4) is 0 Å². The van der Waals surface area contributed by atoms with Gasteiger partial charge in [0.05, 0.1) is 16.9 Å². The van der Waals surface area contributed by atoms with Crippen molar-refractivity contribution in [3.63, 3.8) is 0 Å². The van der Waals surface area contributed by atoms with Crippen LogP contribution in [0, 0.1) is 0 Å². The number of carbonyl (C=O) groups is 3. The highest BCUT2D eigenvalue weighted by Crippen LogP contribution is 2.37. The average Bonchev–Trinajstić information content (AvgIpc) is 2.73. The molecule has 6 nitrogen and oxygen atoms in total. The normalized spacial score (nSPS) is 18.1. The number of aliphatic carboxylic acids is 1. The first kappa shape index (κ1) is 18.6. The minimum absolute atomic E-state index is 0.0748. The monoisotopic (exact) mass is 396 g/mol. The first-order valence-electron chi connectivity index (χ1n) is 9.14. The van der Waals surface area contributed by atoms with Gasteiger partial charge in [0.15, 0.2) is 0 Å². The summed E-state index contributed by atoms with van der Waals surface area (Å²) in [6.45, 7) is 0.746. The van der Waals surface area contributed by atoms with Crippen LogP contribution in [0.1, 0.15) is 28.8 Å². The van der Waals surface area contributed by atoms with Gasteiger partial charge >= 0.3 is 5.97 Å². The SMILES string of the molecule is O=C1CSc2ccc(C(=O)N3CCC(C(=O)O)(c4ccccc4)CC3)cc2N1. The molecule has 28 heavy (non-hydrogen) atoms. The number of piperidine rings is 1. The Morgan fingerprint density at radius 3 is 2.46 bits per heavy atom. The number of benzene rings is 2. The summed E-state index contributed by atoms with van der Waals surface area (Å²) >= 11 is 1.45. The number of carbonyl (C=O) groups excluding carboxylic acids is 2. The smallest absolute Gasteiger partial charge is 0.314 e. The Kier molecular flexibility index (Phi) is 4.85. The lowest BCUT2D eigenvalue weighted by Crippen LogP contribution is -2.49. The summed E-state index contributed by atoms with van der Waals surface area (Å²) in [5.74, 6) is -0.684. The van der Waals surface area contributed by atoms with Crippen LogP contribution < -0.4 is 5.32 Å². The fourth-order valence-electron chi connectivity index (χ4n) is 3.87. The molecule has 2 aromatic rings. The van der Waals surface area contributed by atoms with Crippen molar-refractivity contribution in [1.82, 2.24) is 4.90 Å². The van der Waals surface area contributed by atoms with Crippen LogP contribution in [-0.2, 0) is 15.0 Å². The van der Waals surface area contributed by atoms with Gasteiger partial charge in [0.1, 0.15) is 0 Å². The molecule has 1 saturated heterocycles. The van der Waals surface area contributed by atoms with E-state index in [9.17, 15) is 19.5 Å². The highest BCUT2D eigenvalue weighted by Gasteiger charge is 2.44. The number of fused-ring (bicyclic) bond motifs is 1. The van der Waals surface area contributed by atoms with Gasteiger partial charge in [0, 0.05) is 23.5 Å². The van der Waals surface area contributed by atoms with Gasteiger partial charge in [-0.15, -0.1) is 11.8 Å². The molecule has 2 N–H and O–H groups in total. The molecule has 0 spiro atoms. The minimum Gasteiger partial charge on any atom is -0.481 e. The third kappa shape index (κ3) is 3.26. The summed E-state index contributed by atoms with van der Waals surface area (Å²) in [5, 5.41) is 12.7. The van der Waals surface area contributed by atoms with Gasteiger partial charge in [-0.2, -0.15) is 0 Å². The van der Waals surface area contributed by atoms with Crippen molar-refractivity contribution in [2.24, 2.45) is 0 Å². The summed E-state index contributed by atoms with van der Waals surface area (Å²) in [6.07, 6.45) is 0.741. The van der Waals surface area contributed by atoms with Crippen LogP contribution in [0.15, 0.2) is 53.4 Å². The van der Waals surface area contributed by atoms with Gasteiger partial charge in [-0.05, 0) is 36.6 Å². The Labute approximate surface area is 166 Å². The van der Waals surface area contributed by atoms with Crippen molar-refractivity contribution in [3.8, 4) is 0 Å². The van der Waals surface area contributed by atoms with Gasteiger partial charge < -0.3 is 15.3 Å². The van der Waals surface area contributed by atoms with Crippen LogP contribution in [0.25, 0.3) is 0 Å². The largest absolute Gasteiger partial charge is 0.481 e. The number of nitrogens with one attached hydrogen (secondary N) is 1. The molecular formula is C21H20N2O4S. The Morgan fingerprint density at radius 1 is 1.07 bits per heavy atom. The van der Waals surface area contributed by atoms with Crippen molar-refractivity contribution in [2.45, 2.75) is 23.2 Å². The Morgan fingerprint density at radius 2 is 1.79 bits per heavy atom. The predicted octanol–water partition coefficient (Wildman–Crippen LogP) is 2.99. The number of thioether (sulfide) groups is 1. The van der Waals surface area contributed by atoms with Crippen LogP contribution >= 0.6 is 11.8 Å². The van der Waals surface area contributed by atoms with E-state index in [0.29, 0.717) is 42.9 Å². The van der Waals surface area contributed by atoms with E-state index < -0.39 is 11.4 Å². The van der Waals surface area contributed by atoms with E-state index in [-0.39, 0.29) is 11.8 Å². The quantitative estimate of drug-likeness (QED) is 0.833. The summed E-state index contributed by atoms with van der Waals surface area (Å²) in [4.78, 5) is 39.3. The second kappa shape index (κ2) is 7.31. The number of carboxylic acid groups (broad SMARTS) is 1. The molecule has 0 aromatic heterocycles. The zero-order valence-electron chi connectivity index (χ0n) is 15.2. The third-order valence-corrected chi connectivity index (χ3v) is 6.57. The van der Waals surface area contributed by atoms with E-state index >= 15 is 0 Å². The number of anilines is 1. The maximum Gasteiger partial charge on any atom is 0.314 e. The molecule has 0 radical (unpaired) electrons. The highest BCUT2D eigenvalue weighted by molar-refractivity contribution is 8.00. The fourth-order valence-corrected chi connectivity index (χ4v) is 4.66. The third-order valence-electron chi connectivity index (χ3n) is 5.50. The first-order valence-corrected chi connectivity index (χ1v) is 10.1. The van der Waals surface area contributed by atoms with E-state index in [1.54, 1.807) is 17.0 Å². The van der Waals surface area contributed by atoms with Gasteiger partial charge in [-0.25, -0.2) is 0 Å². The molecule has 144 valence electrons. The van der Waals surface area contributed by atoms with Crippen molar-refractivity contribution in [2.75, 3.05) is 24.2 Å². The Balaban J connectivity index is 1.52. The Bertz CT molecular complexity index is 937. The maximum atomic E-state index is 12.9. The molecule has 1 fully saturated rings. The second-order valence-electron chi connectivity index (χ2n) is 7.09. The van der Waals surface area contributed by atoms with E-state index in [4.69, 9.17) is 0 Å². The molecule has 2 heterocycles. The number of rotatable bonds is 3. The molecule has 2 aliphatic rings. The summed E-state index contributed by atoms with van der Waals surface area (Å²) < 4.78 is 0. The number of amides is 2. The summed E-state index contributed by atoms with van der Waals surface area (Å²) in [7, 11) is 0. The lowest BCUT2D eigenvalue weighted by molar-refractivity contribution is -0.145. The highest BCUT2D eigenvalue weighted by atomic mass is 32.2. The molecule has 7 heteroatoms.